The normalized spacial score (nSPS) is 15.9. The molecule has 0 fully saturated rings. The van der Waals surface area contributed by atoms with Crippen LogP contribution in [0.25, 0.3) is 11.5 Å². The molecular formula is C20H18N4O4. The molecule has 3 aromatic rings. The molecule has 1 aliphatic rings. The molecule has 142 valence electrons. The van der Waals surface area contributed by atoms with Crippen molar-refractivity contribution in [1.29, 1.82) is 0 Å². The van der Waals surface area contributed by atoms with Gasteiger partial charge in [0.05, 0.1) is 5.92 Å². The van der Waals surface area contributed by atoms with Crippen LogP contribution in [-0.4, -0.2) is 43.6 Å². The lowest BCUT2D eigenvalue weighted by Gasteiger charge is -2.32. The van der Waals surface area contributed by atoms with Crippen molar-refractivity contribution in [1.82, 2.24) is 20.0 Å². The maximum absolute atomic E-state index is 12.7. The molecule has 0 bridgehead atoms. The molecule has 1 unspecified atom stereocenters. The lowest BCUT2D eigenvalue weighted by molar-refractivity contribution is -0.141. The van der Waals surface area contributed by atoms with Gasteiger partial charge in [-0.3, -0.25) is 14.6 Å². The van der Waals surface area contributed by atoms with Crippen LogP contribution in [0, 0.1) is 0 Å². The van der Waals surface area contributed by atoms with Gasteiger partial charge in [0.1, 0.15) is 5.69 Å². The fraction of sp³-hybridized carbons (Fsp3) is 0.250. The Kier molecular flexibility index (Phi) is 4.84. The first-order valence-electron chi connectivity index (χ1n) is 8.94. The van der Waals surface area contributed by atoms with E-state index < -0.39 is 11.9 Å². The van der Waals surface area contributed by atoms with Crippen molar-refractivity contribution in [2.45, 2.75) is 25.3 Å². The Morgan fingerprint density at radius 1 is 1.18 bits per heavy atom. The number of benzene rings is 1. The number of hydrogen-bond acceptors (Lipinski definition) is 6. The SMILES string of the molecule is O=C(O)C1CN(C(=O)CCc2nc(-c3ccccn3)no2)Cc2ccccc21. The molecule has 1 aromatic carbocycles. The Morgan fingerprint density at radius 2 is 2.00 bits per heavy atom. The third-order valence-corrected chi connectivity index (χ3v) is 4.76. The highest BCUT2D eigenvalue weighted by atomic mass is 16.5. The summed E-state index contributed by atoms with van der Waals surface area (Å²) in [7, 11) is 0. The van der Waals surface area contributed by atoms with E-state index in [0.717, 1.165) is 11.1 Å². The summed E-state index contributed by atoms with van der Waals surface area (Å²) in [5.74, 6) is -1.06. The number of aliphatic carboxylic acids is 1. The van der Waals surface area contributed by atoms with Crippen molar-refractivity contribution in [2.75, 3.05) is 6.54 Å². The predicted octanol–water partition coefficient (Wildman–Crippen LogP) is 2.27. The van der Waals surface area contributed by atoms with Gasteiger partial charge in [-0.2, -0.15) is 4.98 Å². The summed E-state index contributed by atoms with van der Waals surface area (Å²) in [6.45, 7) is 0.565. The topological polar surface area (TPSA) is 109 Å². The van der Waals surface area contributed by atoms with E-state index in [1.54, 1.807) is 23.2 Å². The van der Waals surface area contributed by atoms with Gasteiger partial charge in [-0.05, 0) is 23.3 Å². The largest absolute Gasteiger partial charge is 0.481 e. The van der Waals surface area contributed by atoms with E-state index >= 15 is 0 Å². The lowest BCUT2D eigenvalue weighted by Crippen LogP contribution is -2.40. The zero-order chi connectivity index (χ0) is 19.5. The highest BCUT2D eigenvalue weighted by Gasteiger charge is 2.32. The molecule has 1 N–H and O–H groups in total. The minimum atomic E-state index is -0.929. The van der Waals surface area contributed by atoms with Crippen molar-refractivity contribution in [3.63, 3.8) is 0 Å². The van der Waals surface area contributed by atoms with Crippen molar-refractivity contribution in [3.05, 3.63) is 65.7 Å². The molecule has 2 aromatic heterocycles. The summed E-state index contributed by atoms with van der Waals surface area (Å²) in [6, 6.07) is 12.7. The molecule has 0 saturated heterocycles. The van der Waals surface area contributed by atoms with Crippen LogP contribution in [0.15, 0.2) is 53.2 Å². The Labute approximate surface area is 160 Å². The number of pyridine rings is 1. The van der Waals surface area contributed by atoms with Gasteiger partial charge in [0.25, 0.3) is 0 Å². The van der Waals surface area contributed by atoms with Gasteiger partial charge >= 0.3 is 5.97 Å². The van der Waals surface area contributed by atoms with E-state index in [9.17, 15) is 14.7 Å². The monoisotopic (exact) mass is 378 g/mol. The molecule has 4 rings (SSSR count). The third kappa shape index (κ3) is 3.62. The van der Waals surface area contributed by atoms with Crippen molar-refractivity contribution in [2.24, 2.45) is 0 Å². The predicted molar refractivity (Wildman–Crippen MR) is 98.1 cm³/mol. The molecule has 3 heterocycles. The van der Waals surface area contributed by atoms with E-state index in [-0.39, 0.29) is 25.3 Å². The number of carboxylic acid groups (broad SMARTS) is 1. The summed E-state index contributed by atoms with van der Waals surface area (Å²) in [5.41, 5.74) is 2.24. The van der Waals surface area contributed by atoms with Crippen LogP contribution in [0.3, 0.4) is 0 Å². The molecule has 1 aliphatic heterocycles. The molecule has 1 atom stereocenters. The van der Waals surface area contributed by atoms with E-state index in [2.05, 4.69) is 15.1 Å². The fourth-order valence-electron chi connectivity index (χ4n) is 3.34. The fourth-order valence-corrected chi connectivity index (χ4v) is 3.34. The van der Waals surface area contributed by atoms with Gasteiger partial charge in [-0.15, -0.1) is 0 Å². The number of aryl methyl sites for hydroxylation is 1. The lowest BCUT2D eigenvalue weighted by atomic mass is 9.89. The van der Waals surface area contributed by atoms with Crippen LogP contribution in [0.2, 0.25) is 0 Å². The number of carbonyl (C=O) groups is 2. The van der Waals surface area contributed by atoms with Gasteiger partial charge in [-0.1, -0.05) is 35.5 Å². The van der Waals surface area contributed by atoms with Gasteiger partial charge in [0.15, 0.2) is 0 Å². The zero-order valence-corrected chi connectivity index (χ0v) is 15.0. The van der Waals surface area contributed by atoms with Gasteiger partial charge in [0.2, 0.25) is 17.6 Å². The quantitative estimate of drug-likeness (QED) is 0.725. The van der Waals surface area contributed by atoms with Crippen LogP contribution in [0.4, 0.5) is 0 Å². The Balaban J connectivity index is 1.42. The Bertz CT molecular complexity index is 1000. The second-order valence-corrected chi connectivity index (χ2v) is 6.59. The first-order chi connectivity index (χ1) is 13.6. The van der Waals surface area contributed by atoms with Crippen molar-refractivity contribution in [3.8, 4) is 11.5 Å². The van der Waals surface area contributed by atoms with Crippen molar-refractivity contribution < 1.29 is 19.2 Å². The minimum Gasteiger partial charge on any atom is -0.481 e. The van der Waals surface area contributed by atoms with Crippen LogP contribution < -0.4 is 0 Å². The maximum Gasteiger partial charge on any atom is 0.312 e. The molecule has 0 spiro atoms. The second-order valence-electron chi connectivity index (χ2n) is 6.59. The van der Waals surface area contributed by atoms with Gasteiger partial charge in [-0.25, -0.2) is 0 Å². The highest BCUT2D eigenvalue weighted by Crippen LogP contribution is 2.29. The minimum absolute atomic E-state index is 0.140. The number of aromatic nitrogens is 3. The molecule has 0 radical (unpaired) electrons. The van der Waals surface area contributed by atoms with E-state index in [4.69, 9.17) is 4.52 Å². The number of nitrogens with zero attached hydrogens (tertiary/aromatic N) is 4. The molecule has 28 heavy (non-hydrogen) atoms. The molecule has 1 amide bonds. The molecule has 0 saturated carbocycles. The number of carbonyl (C=O) groups excluding carboxylic acids is 1. The summed E-state index contributed by atoms with van der Waals surface area (Å²) in [5, 5.41) is 13.4. The number of fused-ring (bicyclic) bond motifs is 1. The average Bonchev–Trinajstić information content (AvgIpc) is 3.21. The third-order valence-electron chi connectivity index (χ3n) is 4.76. The number of amides is 1. The standard InChI is InChI=1S/C20H18N4O4/c25-18(9-8-17-22-19(23-28-17)16-7-3-4-10-21-16)24-11-13-5-1-2-6-14(13)15(12-24)20(26)27/h1-7,10,15H,8-9,11-12H2,(H,26,27). The first-order valence-corrected chi connectivity index (χ1v) is 8.94. The molecule has 8 heteroatoms. The summed E-state index contributed by atoms with van der Waals surface area (Å²) in [4.78, 5) is 34.3. The molecular weight excluding hydrogens is 360 g/mol. The Hall–Kier alpha value is -3.55. The average molecular weight is 378 g/mol. The second kappa shape index (κ2) is 7.59. The molecule has 0 aliphatic carbocycles. The number of rotatable bonds is 5. The van der Waals surface area contributed by atoms with Crippen LogP contribution in [-0.2, 0) is 22.6 Å². The van der Waals surface area contributed by atoms with E-state index in [0.29, 0.717) is 24.0 Å². The van der Waals surface area contributed by atoms with Crippen LogP contribution in [0.1, 0.15) is 29.4 Å². The van der Waals surface area contributed by atoms with Crippen LogP contribution >= 0.6 is 0 Å². The van der Waals surface area contributed by atoms with Gasteiger partial charge in [0, 0.05) is 32.1 Å². The Morgan fingerprint density at radius 3 is 2.79 bits per heavy atom. The first kappa shape index (κ1) is 17.8. The van der Waals surface area contributed by atoms with Crippen molar-refractivity contribution >= 4 is 11.9 Å². The highest BCUT2D eigenvalue weighted by molar-refractivity contribution is 5.81. The summed E-state index contributed by atoms with van der Waals surface area (Å²) in [6.07, 6.45) is 2.09. The maximum atomic E-state index is 12.7. The molecule has 8 nitrogen and oxygen atoms in total. The van der Waals surface area contributed by atoms with Gasteiger partial charge < -0.3 is 14.5 Å². The zero-order valence-electron chi connectivity index (χ0n) is 15.0. The number of hydrogen-bond donors (Lipinski definition) is 1. The van der Waals surface area contributed by atoms with E-state index in [1.165, 1.54) is 0 Å². The van der Waals surface area contributed by atoms with Crippen LogP contribution in [0.5, 0.6) is 0 Å². The smallest absolute Gasteiger partial charge is 0.312 e. The van der Waals surface area contributed by atoms with E-state index in [1.807, 2.05) is 30.3 Å². The number of carboxylic acids is 1. The summed E-state index contributed by atoms with van der Waals surface area (Å²) < 4.78 is 5.21. The summed E-state index contributed by atoms with van der Waals surface area (Å²) >= 11 is 0.